The average molecular weight is 398 g/mol. The minimum Gasteiger partial charge on any atom is -0.452 e. The minimum absolute atomic E-state index is 0.165. The molecule has 1 fully saturated rings. The first kappa shape index (κ1) is 18.6. The van der Waals surface area contributed by atoms with Crippen LogP contribution >= 0.6 is 15.9 Å². The van der Waals surface area contributed by atoms with E-state index < -0.39 is 11.8 Å². The second-order valence-corrected chi connectivity index (χ2v) is 7.05. The van der Waals surface area contributed by atoms with E-state index in [0.717, 1.165) is 31.8 Å². The van der Waals surface area contributed by atoms with Crippen molar-refractivity contribution in [3.8, 4) is 0 Å². The van der Waals surface area contributed by atoms with Crippen LogP contribution < -0.4 is 5.32 Å². The fraction of sp³-hybridized carbons (Fsp3) is 0.444. The smallest absolute Gasteiger partial charge is 0.331 e. The van der Waals surface area contributed by atoms with E-state index in [-0.39, 0.29) is 24.1 Å². The third-order valence-electron chi connectivity index (χ3n) is 4.08. The van der Waals surface area contributed by atoms with E-state index in [2.05, 4.69) is 28.2 Å². The Labute approximate surface area is 149 Å². The lowest BCUT2D eigenvalue weighted by molar-refractivity contribution is -0.144. The third-order valence-corrected chi connectivity index (χ3v) is 4.58. The molecule has 1 amide bonds. The summed E-state index contributed by atoms with van der Waals surface area (Å²) in [5, 5.41) is 2.88. The molecule has 4 nitrogen and oxygen atoms in total. The predicted molar refractivity (Wildman–Crippen MR) is 93.7 cm³/mol. The first-order valence-corrected chi connectivity index (χ1v) is 8.82. The fourth-order valence-corrected chi connectivity index (χ4v) is 3.04. The number of amides is 1. The Morgan fingerprint density at radius 2 is 2.04 bits per heavy atom. The Bertz CT molecular complexity index is 625. The monoisotopic (exact) mass is 397 g/mol. The van der Waals surface area contributed by atoms with Gasteiger partial charge in [0.05, 0.1) is 0 Å². The van der Waals surface area contributed by atoms with Gasteiger partial charge < -0.3 is 10.1 Å². The number of benzene rings is 1. The summed E-state index contributed by atoms with van der Waals surface area (Å²) in [7, 11) is 0. The predicted octanol–water partition coefficient (Wildman–Crippen LogP) is 3.84. The largest absolute Gasteiger partial charge is 0.452 e. The maximum absolute atomic E-state index is 13.5. The van der Waals surface area contributed by atoms with Crippen molar-refractivity contribution in [1.29, 1.82) is 0 Å². The number of hydrogen-bond acceptors (Lipinski definition) is 3. The van der Waals surface area contributed by atoms with Gasteiger partial charge in [-0.3, -0.25) is 4.79 Å². The van der Waals surface area contributed by atoms with Crippen molar-refractivity contribution in [2.75, 3.05) is 6.61 Å². The summed E-state index contributed by atoms with van der Waals surface area (Å²) in [6.07, 6.45) is 6.56. The molecule has 130 valence electrons. The van der Waals surface area contributed by atoms with Gasteiger partial charge in [0.2, 0.25) is 0 Å². The lowest BCUT2D eigenvalue weighted by Crippen LogP contribution is -2.39. The Hall–Kier alpha value is -1.69. The summed E-state index contributed by atoms with van der Waals surface area (Å²) in [5.41, 5.74) is 0.266. The van der Waals surface area contributed by atoms with Crippen molar-refractivity contribution in [1.82, 2.24) is 5.32 Å². The molecule has 1 N–H and O–H groups in total. The van der Waals surface area contributed by atoms with Crippen molar-refractivity contribution >= 4 is 33.9 Å². The first-order chi connectivity index (χ1) is 11.4. The zero-order chi connectivity index (χ0) is 17.5. The molecular formula is C18H21BrFNO3. The van der Waals surface area contributed by atoms with E-state index in [4.69, 9.17) is 4.74 Å². The number of esters is 1. The van der Waals surface area contributed by atoms with Crippen molar-refractivity contribution in [3.05, 3.63) is 40.1 Å². The van der Waals surface area contributed by atoms with Crippen LogP contribution in [0.5, 0.6) is 0 Å². The summed E-state index contributed by atoms with van der Waals surface area (Å²) < 4.78 is 19.1. The lowest BCUT2D eigenvalue weighted by Gasteiger charge is -2.26. The SMILES string of the molecule is CC1CCC(NC(=O)COC(=O)/C=C/c2cc(Br)ccc2F)CC1. The minimum atomic E-state index is -0.679. The number of ether oxygens (including phenoxy) is 1. The van der Waals surface area contributed by atoms with Crippen LogP contribution in [-0.2, 0) is 14.3 Å². The van der Waals surface area contributed by atoms with Gasteiger partial charge in [0.15, 0.2) is 6.61 Å². The molecule has 0 radical (unpaired) electrons. The second kappa shape index (κ2) is 8.97. The van der Waals surface area contributed by atoms with Crippen LogP contribution in [0.15, 0.2) is 28.7 Å². The van der Waals surface area contributed by atoms with Crippen molar-refractivity contribution < 1.29 is 18.7 Å². The summed E-state index contributed by atoms with van der Waals surface area (Å²) in [6, 6.07) is 4.59. The Morgan fingerprint density at radius 1 is 1.33 bits per heavy atom. The van der Waals surface area contributed by atoms with Crippen LogP contribution in [0.2, 0.25) is 0 Å². The number of hydrogen-bond donors (Lipinski definition) is 1. The Morgan fingerprint density at radius 3 is 2.75 bits per heavy atom. The summed E-state index contributed by atoms with van der Waals surface area (Å²) in [4.78, 5) is 23.4. The van der Waals surface area contributed by atoms with Crippen molar-refractivity contribution in [3.63, 3.8) is 0 Å². The van der Waals surface area contributed by atoms with Crippen molar-refractivity contribution in [2.24, 2.45) is 5.92 Å². The molecule has 0 atom stereocenters. The van der Waals surface area contributed by atoms with Crippen LogP contribution in [-0.4, -0.2) is 24.5 Å². The Kier molecular flexibility index (Phi) is 6.97. The summed E-state index contributed by atoms with van der Waals surface area (Å²) >= 11 is 3.23. The van der Waals surface area contributed by atoms with E-state index in [0.29, 0.717) is 10.4 Å². The lowest BCUT2D eigenvalue weighted by atomic mass is 9.87. The molecule has 0 aliphatic heterocycles. The highest BCUT2D eigenvalue weighted by molar-refractivity contribution is 9.10. The molecule has 24 heavy (non-hydrogen) atoms. The van der Waals surface area contributed by atoms with Crippen LogP contribution in [0.3, 0.4) is 0 Å². The van der Waals surface area contributed by atoms with Crippen LogP contribution in [0.25, 0.3) is 6.08 Å². The van der Waals surface area contributed by atoms with Crippen molar-refractivity contribution in [2.45, 2.75) is 38.6 Å². The zero-order valence-corrected chi connectivity index (χ0v) is 15.1. The van der Waals surface area contributed by atoms with Gasteiger partial charge in [0, 0.05) is 22.2 Å². The summed E-state index contributed by atoms with van der Waals surface area (Å²) in [5.74, 6) is -0.710. The number of halogens is 2. The third kappa shape index (κ3) is 6.07. The van der Waals surface area contributed by atoms with Gasteiger partial charge in [-0.1, -0.05) is 22.9 Å². The van der Waals surface area contributed by atoms with Crippen LogP contribution in [0.4, 0.5) is 4.39 Å². The summed E-state index contributed by atoms with van der Waals surface area (Å²) in [6.45, 7) is 1.89. The van der Waals surface area contributed by atoms with Gasteiger partial charge in [-0.15, -0.1) is 0 Å². The van der Waals surface area contributed by atoms with Crippen LogP contribution in [0.1, 0.15) is 38.2 Å². The van der Waals surface area contributed by atoms with E-state index >= 15 is 0 Å². The highest BCUT2D eigenvalue weighted by Gasteiger charge is 2.19. The molecule has 1 aliphatic carbocycles. The van der Waals surface area contributed by atoms with Gasteiger partial charge in [-0.05, 0) is 55.9 Å². The van der Waals surface area contributed by atoms with Gasteiger partial charge in [0.25, 0.3) is 5.91 Å². The zero-order valence-electron chi connectivity index (χ0n) is 13.6. The molecule has 0 unspecified atom stereocenters. The molecule has 0 saturated heterocycles. The number of carbonyl (C=O) groups is 2. The van der Waals surface area contributed by atoms with Crippen LogP contribution in [0, 0.1) is 11.7 Å². The molecule has 0 aromatic heterocycles. The molecule has 1 saturated carbocycles. The topological polar surface area (TPSA) is 55.4 Å². The molecular weight excluding hydrogens is 377 g/mol. The van der Waals surface area contributed by atoms with Gasteiger partial charge in [-0.2, -0.15) is 0 Å². The Balaban J connectivity index is 1.75. The molecule has 0 bridgehead atoms. The average Bonchev–Trinajstić information content (AvgIpc) is 2.56. The van der Waals surface area contributed by atoms with E-state index in [9.17, 15) is 14.0 Å². The maximum Gasteiger partial charge on any atom is 0.331 e. The highest BCUT2D eigenvalue weighted by atomic mass is 79.9. The molecule has 6 heteroatoms. The highest BCUT2D eigenvalue weighted by Crippen LogP contribution is 2.23. The van der Waals surface area contributed by atoms with Gasteiger partial charge in [-0.25, -0.2) is 9.18 Å². The van der Waals surface area contributed by atoms with E-state index in [1.54, 1.807) is 12.1 Å². The number of carbonyl (C=O) groups excluding carboxylic acids is 2. The number of rotatable bonds is 5. The molecule has 2 rings (SSSR count). The first-order valence-electron chi connectivity index (χ1n) is 8.03. The fourth-order valence-electron chi connectivity index (χ4n) is 2.66. The molecule has 1 aromatic rings. The molecule has 0 spiro atoms. The molecule has 1 aliphatic rings. The normalized spacial score (nSPS) is 20.8. The van der Waals surface area contributed by atoms with Gasteiger partial charge >= 0.3 is 5.97 Å². The standard InChI is InChI=1S/C18H21BrFNO3/c1-12-2-6-15(7-3-12)21-17(22)11-24-18(23)9-4-13-10-14(19)5-8-16(13)20/h4-5,8-10,12,15H,2-3,6-7,11H2,1H3,(H,21,22)/b9-4+. The van der Waals surface area contributed by atoms with E-state index in [1.807, 2.05) is 0 Å². The quantitative estimate of drug-likeness (QED) is 0.606. The van der Waals surface area contributed by atoms with E-state index in [1.165, 1.54) is 12.1 Å². The number of nitrogens with one attached hydrogen (secondary N) is 1. The maximum atomic E-state index is 13.5. The van der Waals surface area contributed by atoms with Gasteiger partial charge in [0.1, 0.15) is 5.82 Å². The molecule has 1 aromatic carbocycles. The second-order valence-electron chi connectivity index (χ2n) is 6.13. The molecule has 0 heterocycles.